The summed E-state index contributed by atoms with van der Waals surface area (Å²) in [6.45, 7) is 10.3. The van der Waals surface area contributed by atoms with Crippen LogP contribution in [0.3, 0.4) is 0 Å². The fourth-order valence-electron chi connectivity index (χ4n) is 2.66. The molecule has 2 N–H and O–H groups in total. The van der Waals surface area contributed by atoms with Crippen LogP contribution in [-0.2, 0) is 6.42 Å². The number of para-hydroxylation sites is 1. The molecule has 26 heavy (non-hydrogen) atoms. The van der Waals surface area contributed by atoms with Gasteiger partial charge in [-0.25, -0.2) is 4.98 Å². The Morgan fingerprint density at radius 1 is 1.27 bits per heavy atom. The third kappa shape index (κ3) is 5.54. The van der Waals surface area contributed by atoms with E-state index in [0.29, 0.717) is 10.8 Å². The van der Waals surface area contributed by atoms with Crippen LogP contribution < -0.4 is 10.1 Å². The first-order valence-corrected chi connectivity index (χ1v) is 9.71. The van der Waals surface area contributed by atoms with E-state index < -0.39 is 6.10 Å². The molecule has 0 saturated carbocycles. The Balaban J connectivity index is 1.86. The molecule has 0 aliphatic carbocycles. The van der Waals surface area contributed by atoms with Crippen LogP contribution in [-0.4, -0.2) is 35.3 Å². The summed E-state index contributed by atoms with van der Waals surface area (Å²) in [5.74, 6) is 1.09. The van der Waals surface area contributed by atoms with Gasteiger partial charge in [0.2, 0.25) is 0 Å². The zero-order valence-corrected chi connectivity index (χ0v) is 16.9. The second-order valence-corrected chi connectivity index (χ2v) is 8.10. The highest BCUT2D eigenvalue weighted by Crippen LogP contribution is 2.22. The smallest absolute Gasteiger partial charge is 0.263 e. The van der Waals surface area contributed by atoms with Crippen molar-refractivity contribution in [1.82, 2.24) is 10.3 Å². The number of amides is 1. The molecule has 6 heteroatoms. The number of hydrogen-bond donors (Lipinski definition) is 2. The number of aliphatic hydroxyl groups excluding tert-OH is 1. The SMILES string of the molecule is Cc1cccc(C)c1OCC(O)CNC(=O)c1sc(CC(C)C)nc1C. The van der Waals surface area contributed by atoms with Crippen LogP contribution in [0, 0.1) is 26.7 Å². The maximum atomic E-state index is 12.4. The van der Waals surface area contributed by atoms with Gasteiger partial charge in [0, 0.05) is 13.0 Å². The van der Waals surface area contributed by atoms with Crippen LogP contribution in [0.15, 0.2) is 18.2 Å². The molecule has 0 radical (unpaired) electrons. The van der Waals surface area contributed by atoms with Gasteiger partial charge >= 0.3 is 0 Å². The zero-order chi connectivity index (χ0) is 19.3. The second kappa shape index (κ2) is 9.14. The summed E-state index contributed by atoms with van der Waals surface area (Å²) in [6, 6.07) is 5.91. The molecule has 1 unspecified atom stereocenters. The van der Waals surface area contributed by atoms with Gasteiger partial charge in [-0.15, -0.1) is 11.3 Å². The quantitative estimate of drug-likeness (QED) is 0.740. The van der Waals surface area contributed by atoms with Gasteiger partial charge < -0.3 is 15.2 Å². The Morgan fingerprint density at radius 3 is 2.54 bits per heavy atom. The predicted molar refractivity (Wildman–Crippen MR) is 105 cm³/mol. The molecule has 2 rings (SSSR count). The van der Waals surface area contributed by atoms with Crippen LogP contribution in [0.1, 0.15) is 45.3 Å². The number of nitrogens with one attached hydrogen (secondary N) is 1. The van der Waals surface area contributed by atoms with E-state index in [4.69, 9.17) is 4.74 Å². The summed E-state index contributed by atoms with van der Waals surface area (Å²) in [5.41, 5.74) is 2.79. The maximum absolute atomic E-state index is 12.4. The lowest BCUT2D eigenvalue weighted by atomic mass is 10.1. The molecule has 0 fully saturated rings. The minimum absolute atomic E-state index is 0.131. The molecule has 142 valence electrons. The highest BCUT2D eigenvalue weighted by Gasteiger charge is 2.17. The first kappa shape index (κ1) is 20.4. The van der Waals surface area contributed by atoms with E-state index in [1.165, 1.54) is 11.3 Å². The molecule has 5 nitrogen and oxygen atoms in total. The Kier molecular flexibility index (Phi) is 7.17. The molecule has 1 heterocycles. The molecule has 1 atom stereocenters. The number of aliphatic hydroxyl groups is 1. The average molecular weight is 377 g/mol. The lowest BCUT2D eigenvalue weighted by Crippen LogP contribution is -2.35. The highest BCUT2D eigenvalue weighted by molar-refractivity contribution is 7.13. The zero-order valence-electron chi connectivity index (χ0n) is 16.1. The van der Waals surface area contributed by atoms with Crippen molar-refractivity contribution in [2.75, 3.05) is 13.2 Å². The lowest BCUT2D eigenvalue weighted by molar-refractivity contribution is 0.0844. The lowest BCUT2D eigenvalue weighted by Gasteiger charge is -2.16. The third-order valence-corrected chi connectivity index (χ3v) is 5.14. The monoisotopic (exact) mass is 376 g/mol. The normalized spacial score (nSPS) is 12.3. The van der Waals surface area contributed by atoms with Crippen molar-refractivity contribution in [3.05, 3.63) is 44.9 Å². The first-order chi connectivity index (χ1) is 12.3. The Labute approximate surface area is 159 Å². The van der Waals surface area contributed by atoms with Crippen molar-refractivity contribution in [3.63, 3.8) is 0 Å². The maximum Gasteiger partial charge on any atom is 0.263 e. The van der Waals surface area contributed by atoms with Gasteiger partial charge in [-0.1, -0.05) is 32.0 Å². The van der Waals surface area contributed by atoms with E-state index in [1.807, 2.05) is 39.0 Å². The van der Waals surface area contributed by atoms with Gasteiger partial charge in [0.25, 0.3) is 5.91 Å². The molecular formula is C20H28N2O3S. The summed E-state index contributed by atoms with van der Waals surface area (Å²) in [5, 5.41) is 13.9. The van der Waals surface area contributed by atoms with Crippen molar-refractivity contribution in [3.8, 4) is 5.75 Å². The largest absolute Gasteiger partial charge is 0.490 e. The van der Waals surface area contributed by atoms with E-state index in [1.54, 1.807) is 0 Å². The summed E-state index contributed by atoms with van der Waals surface area (Å²) >= 11 is 1.43. The Hall–Kier alpha value is -1.92. The number of nitrogens with zero attached hydrogens (tertiary/aromatic N) is 1. The van der Waals surface area contributed by atoms with E-state index in [0.717, 1.165) is 34.0 Å². The van der Waals surface area contributed by atoms with Crippen molar-refractivity contribution in [2.45, 2.75) is 47.1 Å². The molecule has 0 aliphatic heterocycles. The number of hydrogen-bond acceptors (Lipinski definition) is 5. The average Bonchev–Trinajstić information content (AvgIpc) is 2.91. The van der Waals surface area contributed by atoms with Crippen LogP contribution >= 0.6 is 11.3 Å². The minimum atomic E-state index is -0.777. The van der Waals surface area contributed by atoms with Gasteiger partial charge in [-0.2, -0.15) is 0 Å². The second-order valence-electron chi connectivity index (χ2n) is 7.02. The Bertz CT molecular complexity index is 735. The van der Waals surface area contributed by atoms with Gasteiger partial charge in [0.1, 0.15) is 23.3 Å². The number of ether oxygens (including phenoxy) is 1. The number of aromatic nitrogens is 1. The number of rotatable bonds is 8. The molecule has 1 aromatic heterocycles. The van der Waals surface area contributed by atoms with Crippen molar-refractivity contribution < 1.29 is 14.6 Å². The number of benzene rings is 1. The molecular weight excluding hydrogens is 348 g/mol. The van der Waals surface area contributed by atoms with Crippen molar-refractivity contribution in [1.29, 1.82) is 0 Å². The summed E-state index contributed by atoms with van der Waals surface area (Å²) in [4.78, 5) is 17.4. The fourth-order valence-corrected chi connectivity index (χ4v) is 3.85. The van der Waals surface area contributed by atoms with Crippen molar-refractivity contribution >= 4 is 17.2 Å². The van der Waals surface area contributed by atoms with Crippen molar-refractivity contribution in [2.24, 2.45) is 5.92 Å². The molecule has 0 aliphatic rings. The van der Waals surface area contributed by atoms with E-state index in [2.05, 4.69) is 24.1 Å². The predicted octanol–water partition coefficient (Wildman–Crippen LogP) is 3.44. The fraction of sp³-hybridized carbons (Fsp3) is 0.500. The van der Waals surface area contributed by atoms with Crippen LogP contribution in [0.4, 0.5) is 0 Å². The Morgan fingerprint density at radius 2 is 1.92 bits per heavy atom. The number of aryl methyl sites for hydroxylation is 3. The molecule has 1 amide bonds. The molecule has 0 spiro atoms. The third-order valence-electron chi connectivity index (χ3n) is 3.96. The molecule has 0 bridgehead atoms. The topological polar surface area (TPSA) is 71.5 Å². The first-order valence-electron chi connectivity index (χ1n) is 8.89. The summed E-state index contributed by atoms with van der Waals surface area (Å²) < 4.78 is 5.73. The standard InChI is InChI=1S/C20H28N2O3S/c1-12(2)9-17-22-15(5)19(26-17)20(24)21-10-16(23)11-25-18-13(3)7-6-8-14(18)4/h6-8,12,16,23H,9-11H2,1-5H3,(H,21,24). The van der Waals surface area contributed by atoms with Crippen LogP contribution in [0.5, 0.6) is 5.75 Å². The summed E-state index contributed by atoms with van der Waals surface area (Å²) in [7, 11) is 0. The van der Waals surface area contributed by atoms with Gasteiger partial charge in [0.05, 0.1) is 10.7 Å². The van der Waals surface area contributed by atoms with Crippen LogP contribution in [0.2, 0.25) is 0 Å². The van der Waals surface area contributed by atoms with Gasteiger partial charge in [0.15, 0.2) is 0 Å². The molecule has 0 saturated heterocycles. The summed E-state index contributed by atoms with van der Waals surface area (Å²) in [6.07, 6.45) is 0.0895. The highest BCUT2D eigenvalue weighted by atomic mass is 32.1. The number of carbonyl (C=O) groups is 1. The van der Waals surface area contributed by atoms with E-state index >= 15 is 0 Å². The minimum Gasteiger partial charge on any atom is -0.490 e. The number of carbonyl (C=O) groups excluding carboxylic acids is 1. The van der Waals surface area contributed by atoms with E-state index in [-0.39, 0.29) is 19.1 Å². The van der Waals surface area contributed by atoms with Gasteiger partial charge in [-0.3, -0.25) is 4.79 Å². The van der Waals surface area contributed by atoms with Crippen LogP contribution in [0.25, 0.3) is 0 Å². The molecule has 1 aromatic carbocycles. The molecule has 2 aromatic rings. The van der Waals surface area contributed by atoms with Gasteiger partial charge in [-0.05, 0) is 37.8 Å². The number of thiazole rings is 1. The van der Waals surface area contributed by atoms with E-state index in [9.17, 15) is 9.90 Å².